The van der Waals surface area contributed by atoms with Crippen molar-refractivity contribution < 1.29 is 14.1 Å². The molecule has 2 bridgehead atoms. The van der Waals surface area contributed by atoms with Crippen molar-refractivity contribution in [3.63, 3.8) is 0 Å². The van der Waals surface area contributed by atoms with Gasteiger partial charge in [-0.15, -0.1) is 0 Å². The fourth-order valence-electron chi connectivity index (χ4n) is 4.46. The van der Waals surface area contributed by atoms with E-state index in [2.05, 4.69) is 42.0 Å². The molecule has 3 atom stereocenters. The van der Waals surface area contributed by atoms with Gasteiger partial charge in [-0.1, -0.05) is 31.2 Å². The highest BCUT2D eigenvalue weighted by molar-refractivity contribution is 6.09. The third-order valence-electron chi connectivity index (χ3n) is 5.68. The molecule has 4 nitrogen and oxygen atoms in total. The lowest BCUT2D eigenvalue weighted by atomic mass is 9.82. The zero-order chi connectivity index (χ0) is 17.4. The predicted molar refractivity (Wildman–Crippen MR) is 98.9 cm³/mol. The molecule has 1 aromatic rings. The fourth-order valence-corrected chi connectivity index (χ4v) is 4.46. The first-order chi connectivity index (χ1) is 12.2. The van der Waals surface area contributed by atoms with Gasteiger partial charge in [0.15, 0.2) is 6.21 Å². The highest BCUT2D eigenvalue weighted by atomic mass is 16.5. The molecular weight excluding hydrogens is 312 g/mol. The van der Waals surface area contributed by atoms with Crippen molar-refractivity contribution in [3.8, 4) is 0 Å². The molecule has 0 saturated carbocycles. The summed E-state index contributed by atoms with van der Waals surface area (Å²) in [6.07, 6.45) is 7.44. The molecule has 1 unspecified atom stereocenters. The van der Waals surface area contributed by atoms with Gasteiger partial charge >= 0.3 is 5.97 Å². The van der Waals surface area contributed by atoms with Crippen molar-refractivity contribution >= 4 is 23.6 Å². The van der Waals surface area contributed by atoms with Crippen LogP contribution in [0.1, 0.15) is 37.7 Å². The molecule has 1 fully saturated rings. The molecule has 0 aromatic heterocycles. The van der Waals surface area contributed by atoms with Gasteiger partial charge in [-0.3, -0.25) is 9.79 Å². The maximum absolute atomic E-state index is 12.6. The molecule has 0 radical (unpaired) electrons. The standard InChI is InChI=1S/C21H25N2O2/c1-3-14-10-15-11-18(21(24)25-2)20-17(8-9-23(12-14)13-15)16-6-4-5-7-19(16)22-20/h4-7,10,12,15,17-18H,3,8-9,11,13H2,1-2H3/q+1/t15-,17?,18+/m0/s1. The van der Waals surface area contributed by atoms with Crippen LogP contribution in [-0.4, -0.2) is 42.7 Å². The van der Waals surface area contributed by atoms with Crippen molar-refractivity contribution in [2.75, 3.05) is 20.2 Å². The number of carbonyl (C=O) groups is 1. The minimum atomic E-state index is -0.250. The van der Waals surface area contributed by atoms with Crippen molar-refractivity contribution in [2.24, 2.45) is 16.8 Å². The zero-order valence-corrected chi connectivity index (χ0v) is 14.9. The van der Waals surface area contributed by atoms with E-state index in [1.54, 1.807) is 0 Å². The average Bonchev–Trinajstić information content (AvgIpc) is 3.02. The van der Waals surface area contributed by atoms with Crippen LogP contribution in [-0.2, 0) is 9.53 Å². The number of fused-ring (bicyclic) bond motifs is 5. The second kappa shape index (κ2) is 6.58. The third kappa shape index (κ3) is 2.94. The Hall–Kier alpha value is -2.23. The molecular formula is C21H25N2O2+. The number of benzene rings is 1. The minimum absolute atomic E-state index is 0.147. The lowest BCUT2D eigenvalue weighted by Crippen LogP contribution is -2.31. The minimum Gasteiger partial charge on any atom is -0.469 e. The first-order valence-electron chi connectivity index (χ1n) is 9.24. The van der Waals surface area contributed by atoms with Crippen LogP contribution in [0.4, 0.5) is 5.69 Å². The summed E-state index contributed by atoms with van der Waals surface area (Å²) >= 11 is 0. The van der Waals surface area contributed by atoms with Gasteiger partial charge in [-0.2, -0.15) is 0 Å². The number of nitrogens with zero attached hydrogens (tertiary/aromatic N) is 2. The van der Waals surface area contributed by atoms with Gasteiger partial charge in [0.05, 0.1) is 18.7 Å². The number of para-hydroxylation sites is 1. The molecule has 1 aromatic carbocycles. The number of carbonyl (C=O) groups excluding carboxylic acids is 1. The molecule has 130 valence electrons. The van der Waals surface area contributed by atoms with E-state index >= 15 is 0 Å². The summed E-state index contributed by atoms with van der Waals surface area (Å²) in [5.74, 6) is 0.193. The van der Waals surface area contributed by atoms with Crippen LogP contribution in [0.15, 0.2) is 40.9 Å². The Morgan fingerprint density at radius 2 is 2.20 bits per heavy atom. The highest BCUT2D eigenvalue weighted by Crippen LogP contribution is 2.42. The predicted octanol–water partition coefficient (Wildman–Crippen LogP) is 3.49. The van der Waals surface area contributed by atoms with Gasteiger partial charge in [0, 0.05) is 29.5 Å². The smallest absolute Gasteiger partial charge is 0.314 e. The van der Waals surface area contributed by atoms with Crippen LogP contribution >= 0.6 is 0 Å². The molecule has 0 N–H and O–H groups in total. The Balaban J connectivity index is 1.76. The van der Waals surface area contributed by atoms with E-state index in [1.807, 2.05) is 6.07 Å². The lowest BCUT2D eigenvalue weighted by molar-refractivity contribution is -0.530. The highest BCUT2D eigenvalue weighted by Gasteiger charge is 2.40. The van der Waals surface area contributed by atoms with Gasteiger partial charge in [0.25, 0.3) is 0 Å². The van der Waals surface area contributed by atoms with Crippen molar-refractivity contribution in [1.82, 2.24) is 0 Å². The van der Waals surface area contributed by atoms with E-state index in [9.17, 15) is 4.79 Å². The molecule has 4 heteroatoms. The molecule has 1 saturated heterocycles. The van der Waals surface area contributed by atoms with Gasteiger partial charge in [0.1, 0.15) is 13.1 Å². The van der Waals surface area contributed by atoms with E-state index in [0.29, 0.717) is 5.92 Å². The fraction of sp³-hybridized carbons (Fsp3) is 0.476. The quantitative estimate of drug-likeness (QED) is 0.612. The molecule has 3 aliphatic heterocycles. The number of aliphatic imine (C=N–C) groups is 1. The number of ether oxygens (including phenoxy) is 1. The second-order valence-corrected chi connectivity index (χ2v) is 7.23. The Bertz CT molecular complexity index is 791. The topological polar surface area (TPSA) is 41.7 Å². The van der Waals surface area contributed by atoms with Crippen LogP contribution < -0.4 is 0 Å². The SMILES string of the molecule is CCC1=C[C@H]2C[C@@H](C(=O)OC)C3=Nc4ccccc4C3CC[N+](=C1)C2. The summed E-state index contributed by atoms with van der Waals surface area (Å²) in [6, 6.07) is 8.30. The van der Waals surface area contributed by atoms with E-state index in [4.69, 9.17) is 9.73 Å². The molecule has 0 spiro atoms. The molecule has 0 amide bonds. The molecule has 25 heavy (non-hydrogen) atoms. The van der Waals surface area contributed by atoms with Gasteiger partial charge in [-0.05, 0) is 24.5 Å². The van der Waals surface area contributed by atoms with Gasteiger partial charge in [-0.25, -0.2) is 4.58 Å². The first kappa shape index (κ1) is 16.2. The Kier molecular flexibility index (Phi) is 4.28. The lowest BCUT2D eigenvalue weighted by Gasteiger charge is -2.21. The maximum Gasteiger partial charge on any atom is 0.314 e. The first-order valence-corrected chi connectivity index (χ1v) is 9.24. The summed E-state index contributed by atoms with van der Waals surface area (Å²) < 4.78 is 7.60. The summed E-state index contributed by atoms with van der Waals surface area (Å²) in [5.41, 5.74) is 4.65. The Morgan fingerprint density at radius 1 is 1.36 bits per heavy atom. The number of rotatable bonds is 2. The summed E-state index contributed by atoms with van der Waals surface area (Å²) in [6.45, 7) is 4.17. The van der Waals surface area contributed by atoms with E-state index in [0.717, 1.165) is 43.8 Å². The van der Waals surface area contributed by atoms with Crippen molar-refractivity contribution in [2.45, 2.75) is 32.1 Å². The largest absolute Gasteiger partial charge is 0.469 e. The van der Waals surface area contributed by atoms with E-state index < -0.39 is 0 Å². The summed E-state index contributed by atoms with van der Waals surface area (Å²) in [4.78, 5) is 17.5. The zero-order valence-electron chi connectivity index (χ0n) is 14.9. The number of hydrogen-bond donors (Lipinski definition) is 0. The van der Waals surface area contributed by atoms with Crippen LogP contribution in [0, 0.1) is 11.8 Å². The molecule has 3 aliphatic rings. The van der Waals surface area contributed by atoms with Crippen LogP contribution in [0.2, 0.25) is 0 Å². The maximum atomic E-state index is 12.6. The number of methoxy groups -OCH3 is 1. The Labute approximate surface area is 148 Å². The number of esters is 1. The summed E-state index contributed by atoms with van der Waals surface area (Å²) in [5, 5.41) is 0. The molecule has 0 aliphatic carbocycles. The molecule has 3 heterocycles. The Morgan fingerprint density at radius 3 is 3.00 bits per heavy atom. The van der Waals surface area contributed by atoms with Gasteiger partial charge in [0.2, 0.25) is 0 Å². The third-order valence-corrected chi connectivity index (χ3v) is 5.68. The second-order valence-electron chi connectivity index (χ2n) is 7.23. The van der Waals surface area contributed by atoms with Crippen LogP contribution in [0.3, 0.4) is 0 Å². The van der Waals surface area contributed by atoms with Gasteiger partial charge < -0.3 is 4.74 Å². The number of hydrogen-bond acceptors (Lipinski definition) is 3. The molecule has 4 rings (SSSR count). The van der Waals surface area contributed by atoms with Crippen LogP contribution in [0.25, 0.3) is 0 Å². The van der Waals surface area contributed by atoms with E-state index in [1.165, 1.54) is 18.2 Å². The average molecular weight is 337 g/mol. The van der Waals surface area contributed by atoms with Crippen LogP contribution in [0.5, 0.6) is 0 Å². The van der Waals surface area contributed by atoms with E-state index in [-0.39, 0.29) is 17.8 Å². The number of allylic oxidation sites excluding steroid dienone is 1. The summed E-state index contributed by atoms with van der Waals surface area (Å²) in [7, 11) is 1.49. The van der Waals surface area contributed by atoms with Crippen molar-refractivity contribution in [1.29, 1.82) is 0 Å². The monoisotopic (exact) mass is 337 g/mol. The van der Waals surface area contributed by atoms with Crippen molar-refractivity contribution in [3.05, 3.63) is 41.5 Å². The normalized spacial score (nSPS) is 27.6.